The zero-order valence-electron chi connectivity index (χ0n) is 87.4. The Labute approximate surface area is 845 Å². The van der Waals surface area contributed by atoms with E-state index < -0.39 is 0 Å². The van der Waals surface area contributed by atoms with Gasteiger partial charge in [0, 0.05) is 74.9 Å². The lowest BCUT2D eigenvalue weighted by Crippen LogP contribution is -2.15. The van der Waals surface area contributed by atoms with E-state index in [0.717, 1.165) is 78.2 Å². The monoisotopic (exact) mass is 2010 g/mol. The largest absolute Gasteiger partial charge is 0.487 e. The molecule has 0 atom stereocenters. The van der Waals surface area contributed by atoms with Crippen LogP contribution in [0.1, 0.15) is 196 Å². The molecule has 1 heterocycles. The fraction of sp³-hybridized carbons (Fsp3) is 0.800. The Bertz CT molecular complexity index is 2960. The third-order valence-corrected chi connectivity index (χ3v) is 20.7. The van der Waals surface area contributed by atoms with E-state index in [1.807, 2.05) is 18.2 Å². The van der Waals surface area contributed by atoms with Crippen molar-refractivity contribution in [1.29, 1.82) is 0 Å². The first-order chi connectivity index (χ1) is 70.0. The zero-order chi connectivity index (χ0) is 99.9. The van der Waals surface area contributed by atoms with Gasteiger partial charge in [0.25, 0.3) is 0 Å². The molecule has 0 bridgehead atoms. The Morgan fingerprint density at radius 1 is 0.142 bits per heavy atom. The fourth-order valence-electron chi connectivity index (χ4n) is 13.0. The van der Waals surface area contributed by atoms with Gasteiger partial charge in [0.1, 0.15) is 39.6 Å². The first-order valence-electron chi connectivity index (χ1n) is 53.1. The SMILES string of the molecule is CCCCCCOCCOCCOCCOCCOc1ccc(Nc2nc(Nc3ccc(OCCOCCOCCOCCOCCCCCC)c(OCCOCCOCCOCCOCCCCCC)c3)nc(Nc3ccc(OCCOCCOCCOCCOCCCCCC)c(OCCOCCOCCOCCOCCCCCC)c3)n2)cc1OCCOCCOCCOCCOCCCCCC. The van der Waals surface area contributed by atoms with Crippen LogP contribution in [0, 0.1) is 0 Å². The predicted molar refractivity (Wildman–Crippen MR) is 546 cm³/mol. The molecule has 0 aliphatic carbocycles. The van der Waals surface area contributed by atoms with E-state index in [0.29, 0.717) is 289 Å². The van der Waals surface area contributed by atoms with Gasteiger partial charge in [-0.15, -0.1) is 0 Å². The van der Waals surface area contributed by atoms with Crippen molar-refractivity contribution in [2.24, 2.45) is 0 Å². The minimum Gasteiger partial charge on any atom is -0.487 e. The van der Waals surface area contributed by atoms with E-state index in [9.17, 15) is 0 Å². The van der Waals surface area contributed by atoms with E-state index in [-0.39, 0.29) is 97.1 Å². The van der Waals surface area contributed by atoms with Crippen LogP contribution in [0.4, 0.5) is 34.9 Å². The predicted octanol–water partition coefficient (Wildman–Crippen LogP) is 17.3. The van der Waals surface area contributed by atoms with Crippen LogP contribution in [0.15, 0.2) is 54.6 Å². The van der Waals surface area contributed by atoms with Gasteiger partial charge in [0.15, 0.2) is 34.5 Å². The molecule has 36 nitrogen and oxygen atoms in total. The molecule has 4 rings (SSSR count). The van der Waals surface area contributed by atoms with Crippen molar-refractivity contribution in [1.82, 2.24) is 15.0 Å². The van der Waals surface area contributed by atoms with Gasteiger partial charge in [0.05, 0.1) is 277 Å². The molecule has 816 valence electrons. The van der Waals surface area contributed by atoms with Gasteiger partial charge in [-0.3, -0.25) is 0 Å². The zero-order valence-corrected chi connectivity index (χ0v) is 87.4. The van der Waals surface area contributed by atoms with E-state index in [2.05, 4.69) is 57.5 Å². The molecule has 0 saturated heterocycles. The summed E-state index contributed by atoms with van der Waals surface area (Å²) in [5.74, 6) is 3.09. The summed E-state index contributed by atoms with van der Waals surface area (Å²) in [5.41, 5.74) is 1.65. The second-order valence-corrected chi connectivity index (χ2v) is 32.8. The lowest BCUT2D eigenvalue weighted by Gasteiger charge is -2.17. The minimum absolute atomic E-state index is 0.144. The van der Waals surface area contributed by atoms with Crippen LogP contribution >= 0.6 is 0 Å². The summed E-state index contributed by atoms with van der Waals surface area (Å²) in [6.07, 6.45) is 28.1. The van der Waals surface area contributed by atoms with Crippen molar-refractivity contribution in [3.05, 3.63) is 54.6 Å². The van der Waals surface area contributed by atoms with Crippen LogP contribution in [0.25, 0.3) is 0 Å². The lowest BCUT2D eigenvalue weighted by atomic mass is 10.2. The van der Waals surface area contributed by atoms with Gasteiger partial charge < -0.3 is 158 Å². The van der Waals surface area contributed by atoms with Crippen LogP contribution in [0.5, 0.6) is 34.5 Å². The molecule has 4 aromatic rings. The fourth-order valence-corrected chi connectivity index (χ4v) is 13.0. The number of hydrogen-bond acceptors (Lipinski definition) is 36. The van der Waals surface area contributed by atoms with Crippen LogP contribution in [0.2, 0.25) is 0 Å². The number of unbranched alkanes of at least 4 members (excludes halogenated alkanes) is 18. The third kappa shape index (κ3) is 79.8. The van der Waals surface area contributed by atoms with E-state index in [1.165, 1.54) is 116 Å². The highest BCUT2D eigenvalue weighted by molar-refractivity contribution is 5.66. The minimum atomic E-state index is 0.144. The highest BCUT2D eigenvalue weighted by Gasteiger charge is 2.18. The number of rotatable bonds is 114. The Kier molecular flexibility index (Phi) is 91.3. The van der Waals surface area contributed by atoms with Gasteiger partial charge in [-0.25, -0.2) is 0 Å². The Balaban J connectivity index is 1.60. The molecule has 3 aromatic carbocycles. The number of nitrogens with one attached hydrogen (secondary N) is 3. The van der Waals surface area contributed by atoms with Gasteiger partial charge in [0.2, 0.25) is 17.8 Å². The summed E-state index contributed by atoms with van der Waals surface area (Å²) in [5, 5.41) is 10.2. The maximum atomic E-state index is 6.45. The maximum Gasteiger partial charge on any atom is 0.233 e. The van der Waals surface area contributed by atoms with Gasteiger partial charge in [-0.2, -0.15) is 15.0 Å². The molecule has 0 fully saturated rings. The molecule has 0 amide bonds. The second-order valence-electron chi connectivity index (χ2n) is 32.8. The maximum absolute atomic E-state index is 6.45. The van der Waals surface area contributed by atoms with Crippen LogP contribution in [-0.2, 0) is 114 Å². The molecule has 141 heavy (non-hydrogen) atoms. The number of anilines is 6. The molecule has 0 aliphatic rings. The highest BCUT2D eigenvalue weighted by atomic mass is 16.6. The normalized spacial score (nSPS) is 11.5. The molecular weight excluding hydrogens is 1830 g/mol. The number of benzene rings is 3. The van der Waals surface area contributed by atoms with Crippen LogP contribution in [0.3, 0.4) is 0 Å². The Hall–Kier alpha value is -6.09. The molecule has 1 aromatic heterocycles. The van der Waals surface area contributed by atoms with E-state index >= 15 is 0 Å². The molecule has 0 aliphatic heterocycles. The molecular formula is C105H186N6O30. The number of nitrogens with zero attached hydrogens (tertiary/aromatic N) is 3. The summed E-state index contributed by atoms with van der Waals surface area (Å²) < 4.78 is 177. The van der Waals surface area contributed by atoms with Crippen LogP contribution < -0.4 is 44.4 Å². The standard InChI is InChI=1S/C105H186N6O30/c1-7-13-19-25-37-112-43-49-118-55-61-124-67-73-130-79-85-136-97-34-31-94(91-100(97)139-88-82-133-76-70-127-64-58-121-52-46-115-40-28-22-16-10-4)106-103-109-104(107-95-32-35-98(137-86-80-131-74-68-125-62-56-119-50-44-113-38-26-20-14-8-2)101(92-95)140-89-83-134-77-71-128-65-59-122-53-47-116-41-29-23-17-11-5)111-105(110-103)108-96-33-36-99(138-87-81-132-75-69-126-63-57-120-51-45-114-39-27-21-15-9-3)102(93-96)141-90-84-135-78-72-129-66-60-123-54-48-117-42-30-24-18-12-6/h31-36,91-93H,7-30,37-90H2,1-6H3,(H3,106,107,108,109,110,111). The van der Waals surface area contributed by atoms with Gasteiger partial charge in [-0.05, 0) is 74.9 Å². The second kappa shape index (κ2) is 101. The summed E-state index contributed by atoms with van der Waals surface area (Å²) >= 11 is 0. The Morgan fingerprint density at radius 3 is 0.411 bits per heavy atom. The summed E-state index contributed by atoms with van der Waals surface area (Å²) in [6.45, 7) is 37.0. The smallest absolute Gasteiger partial charge is 0.233 e. The number of aromatic nitrogens is 3. The molecule has 0 spiro atoms. The molecule has 3 N–H and O–H groups in total. The quantitative estimate of drug-likeness (QED) is 0.0346. The van der Waals surface area contributed by atoms with Crippen LogP contribution in [-0.4, -0.2) is 372 Å². The van der Waals surface area contributed by atoms with Crippen molar-refractivity contribution in [2.75, 3.05) is 373 Å². The summed E-state index contributed by atoms with van der Waals surface area (Å²) in [4.78, 5) is 14.9. The van der Waals surface area contributed by atoms with Crippen molar-refractivity contribution >= 4 is 34.9 Å². The third-order valence-electron chi connectivity index (χ3n) is 20.7. The first kappa shape index (κ1) is 127. The van der Waals surface area contributed by atoms with Gasteiger partial charge >= 0.3 is 0 Å². The molecule has 0 unspecified atom stereocenters. The average molecular weight is 2010 g/mol. The van der Waals surface area contributed by atoms with Crippen molar-refractivity contribution < 1.29 is 142 Å². The van der Waals surface area contributed by atoms with Crippen molar-refractivity contribution in [2.45, 2.75) is 196 Å². The highest BCUT2D eigenvalue weighted by Crippen LogP contribution is 2.36. The Morgan fingerprint density at radius 2 is 0.270 bits per heavy atom. The first-order valence-corrected chi connectivity index (χ1v) is 53.1. The summed E-state index contributed by atoms with van der Waals surface area (Å²) in [6, 6.07) is 16.3. The van der Waals surface area contributed by atoms with Crippen molar-refractivity contribution in [3.8, 4) is 34.5 Å². The lowest BCUT2D eigenvalue weighted by molar-refractivity contribution is -0.00568. The van der Waals surface area contributed by atoms with E-state index in [1.54, 1.807) is 36.4 Å². The van der Waals surface area contributed by atoms with Gasteiger partial charge in [-0.1, -0.05) is 157 Å². The molecule has 0 saturated carbocycles. The molecule has 36 heteroatoms. The van der Waals surface area contributed by atoms with E-state index in [4.69, 9.17) is 157 Å². The topological polar surface area (TPSA) is 352 Å². The average Bonchev–Trinajstić information content (AvgIpc) is 0.816. The number of ether oxygens (including phenoxy) is 30. The molecule has 0 radical (unpaired) electrons. The summed E-state index contributed by atoms with van der Waals surface area (Å²) in [7, 11) is 0. The van der Waals surface area contributed by atoms with Crippen molar-refractivity contribution in [3.63, 3.8) is 0 Å². The number of hydrogen-bond donors (Lipinski definition) is 3.